The Kier molecular flexibility index (Phi) is 4.84. The lowest BCUT2D eigenvalue weighted by Gasteiger charge is -2.41. The van der Waals surface area contributed by atoms with Crippen LogP contribution in [0.15, 0.2) is 0 Å². The molecule has 128 valence electrons. The zero-order valence-corrected chi connectivity index (χ0v) is 15.1. The molecule has 1 aliphatic rings. The molecule has 0 saturated carbocycles. The Labute approximate surface area is 140 Å². The molecule has 3 N–H and O–H groups in total. The molecule has 1 aromatic rings. The first-order chi connectivity index (χ1) is 10.6. The number of thiophene rings is 1. The molecule has 1 aromatic heterocycles. The second-order valence-corrected chi connectivity index (χ2v) is 7.73. The van der Waals surface area contributed by atoms with Gasteiger partial charge in [0, 0.05) is 17.9 Å². The summed E-state index contributed by atoms with van der Waals surface area (Å²) in [6.45, 7) is 10.1. The van der Waals surface area contributed by atoms with Gasteiger partial charge in [0.15, 0.2) is 0 Å². The van der Waals surface area contributed by atoms with Crippen molar-refractivity contribution in [1.29, 1.82) is 0 Å². The molecule has 0 aromatic carbocycles. The second kappa shape index (κ2) is 6.22. The molecule has 0 saturated heterocycles. The number of rotatable bonds is 5. The molecule has 0 atom stereocenters. The molecule has 1 aliphatic heterocycles. The SMILES string of the molecule is CCOCC(=O)Nc1sc2c(c1C(N)=O)CC(C)(C)OC2(C)C. The summed E-state index contributed by atoms with van der Waals surface area (Å²) in [5, 5.41) is 3.22. The van der Waals surface area contributed by atoms with Crippen LogP contribution in [0.2, 0.25) is 0 Å². The predicted molar refractivity (Wildman–Crippen MR) is 89.9 cm³/mol. The van der Waals surface area contributed by atoms with Gasteiger partial charge in [-0.3, -0.25) is 9.59 Å². The molecular formula is C16H24N2O4S. The summed E-state index contributed by atoms with van der Waals surface area (Å²) in [4.78, 5) is 24.8. The summed E-state index contributed by atoms with van der Waals surface area (Å²) in [6, 6.07) is 0. The average Bonchev–Trinajstić information content (AvgIpc) is 2.72. The molecule has 2 heterocycles. The highest BCUT2D eigenvalue weighted by atomic mass is 32.1. The number of primary amides is 1. The molecule has 0 radical (unpaired) electrons. The van der Waals surface area contributed by atoms with Crippen molar-refractivity contribution in [2.45, 2.75) is 52.2 Å². The Morgan fingerprint density at radius 1 is 1.35 bits per heavy atom. The molecule has 0 unspecified atom stereocenters. The summed E-state index contributed by atoms with van der Waals surface area (Å²) in [6.07, 6.45) is 0.571. The van der Waals surface area contributed by atoms with Crippen molar-refractivity contribution in [2.24, 2.45) is 5.73 Å². The normalized spacial score (nSPS) is 18.3. The molecule has 2 amide bonds. The number of hydrogen-bond acceptors (Lipinski definition) is 5. The van der Waals surface area contributed by atoms with Crippen molar-refractivity contribution in [3.05, 3.63) is 16.0 Å². The zero-order valence-electron chi connectivity index (χ0n) is 14.2. The van der Waals surface area contributed by atoms with Crippen molar-refractivity contribution in [3.63, 3.8) is 0 Å². The van der Waals surface area contributed by atoms with Crippen molar-refractivity contribution in [2.75, 3.05) is 18.5 Å². The lowest BCUT2D eigenvalue weighted by molar-refractivity contribution is -0.135. The van der Waals surface area contributed by atoms with E-state index in [2.05, 4.69) is 5.32 Å². The van der Waals surface area contributed by atoms with E-state index in [-0.39, 0.29) is 12.5 Å². The van der Waals surface area contributed by atoms with Gasteiger partial charge in [0.2, 0.25) is 0 Å². The van der Waals surface area contributed by atoms with Crippen molar-refractivity contribution in [3.8, 4) is 0 Å². The van der Waals surface area contributed by atoms with Gasteiger partial charge >= 0.3 is 0 Å². The van der Waals surface area contributed by atoms with E-state index < -0.39 is 17.1 Å². The smallest absolute Gasteiger partial charge is 0.251 e. The molecule has 0 bridgehead atoms. The van der Waals surface area contributed by atoms with Crippen LogP contribution >= 0.6 is 11.3 Å². The number of nitrogens with one attached hydrogen (secondary N) is 1. The standard InChI is InChI=1S/C16H24N2O4S/c1-6-21-8-10(19)18-14-11(13(17)20)9-7-15(2,3)22-16(4,5)12(9)23-14/h6-8H2,1-5H3,(H2,17,20)(H,18,19). The van der Waals surface area contributed by atoms with Crippen LogP contribution in [0.4, 0.5) is 5.00 Å². The van der Waals surface area contributed by atoms with Crippen LogP contribution in [0.5, 0.6) is 0 Å². The molecule has 6 nitrogen and oxygen atoms in total. The zero-order chi connectivity index (χ0) is 17.4. The Balaban J connectivity index is 2.44. The third-order valence-electron chi connectivity index (χ3n) is 3.62. The number of anilines is 1. The number of carbonyl (C=O) groups excluding carboxylic acids is 2. The van der Waals surface area contributed by atoms with E-state index in [9.17, 15) is 9.59 Å². The maximum atomic E-state index is 12.0. The van der Waals surface area contributed by atoms with E-state index in [4.69, 9.17) is 15.2 Å². The lowest BCUT2D eigenvalue weighted by atomic mass is 9.86. The summed E-state index contributed by atoms with van der Waals surface area (Å²) in [5.74, 6) is -0.839. The summed E-state index contributed by atoms with van der Waals surface area (Å²) >= 11 is 1.35. The number of carbonyl (C=O) groups is 2. The predicted octanol–water partition coefficient (Wildman–Crippen LogP) is 2.41. The topological polar surface area (TPSA) is 90.6 Å². The Hall–Kier alpha value is -1.44. The molecule has 7 heteroatoms. The van der Waals surface area contributed by atoms with Crippen LogP contribution in [0.1, 0.15) is 55.4 Å². The van der Waals surface area contributed by atoms with Gasteiger partial charge in [-0.15, -0.1) is 11.3 Å². The molecule has 2 rings (SSSR count). The van der Waals surface area contributed by atoms with Crippen LogP contribution in [0.25, 0.3) is 0 Å². The number of ether oxygens (including phenoxy) is 2. The van der Waals surface area contributed by atoms with Crippen LogP contribution in [-0.4, -0.2) is 30.6 Å². The van der Waals surface area contributed by atoms with Gasteiger partial charge in [0.1, 0.15) is 11.6 Å². The van der Waals surface area contributed by atoms with Gasteiger partial charge < -0.3 is 20.5 Å². The first-order valence-corrected chi connectivity index (χ1v) is 8.43. The summed E-state index contributed by atoms with van der Waals surface area (Å²) in [5.41, 5.74) is 5.88. The van der Waals surface area contributed by atoms with E-state index in [1.165, 1.54) is 11.3 Å². The minimum Gasteiger partial charge on any atom is -0.372 e. The highest BCUT2D eigenvalue weighted by Gasteiger charge is 2.42. The van der Waals surface area contributed by atoms with Gasteiger partial charge in [-0.05, 0) is 40.2 Å². The van der Waals surface area contributed by atoms with Gasteiger partial charge in [-0.1, -0.05) is 0 Å². The maximum Gasteiger partial charge on any atom is 0.251 e. The van der Waals surface area contributed by atoms with Crippen LogP contribution in [0.3, 0.4) is 0 Å². The fourth-order valence-corrected chi connectivity index (χ4v) is 4.30. The third-order valence-corrected chi connectivity index (χ3v) is 5.08. The Bertz CT molecular complexity index is 634. The average molecular weight is 340 g/mol. The number of nitrogens with two attached hydrogens (primary N) is 1. The highest BCUT2D eigenvalue weighted by Crippen LogP contribution is 2.48. The van der Waals surface area contributed by atoms with Gasteiger partial charge in [-0.25, -0.2) is 0 Å². The van der Waals surface area contributed by atoms with Crippen LogP contribution < -0.4 is 11.1 Å². The van der Waals surface area contributed by atoms with Gasteiger partial charge in [0.25, 0.3) is 11.8 Å². The van der Waals surface area contributed by atoms with Crippen molar-refractivity contribution in [1.82, 2.24) is 0 Å². The second-order valence-electron chi connectivity index (χ2n) is 6.71. The fraction of sp³-hybridized carbons (Fsp3) is 0.625. The van der Waals surface area contributed by atoms with E-state index >= 15 is 0 Å². The first kappa shape index (κ1) is 17.9. The maximum absolute atomic E-state index is 12.0. The van der Waals surface area contributed by atoms with Crippen molar-refractivity contribution < 1.29 is 19.1 Å². The largest absolute Gasteiger partial charge is 0.372 e. The van der Waals surface area contributed by atoms with Crippen molar-refractivity contribution >= 4 is 28.2 Å². The first-order valence-electron chi connectivity index (χ1n) is 7.61. The minimum atomic E-state index is -0.547. The molecule has 23 heavy (non-hydrogen) atoms. The number of hydrogen-bond donors (Lipinski definition) is 2. The van der Waals surface area contributed by atoms with Gasteiger partial charge in [0.05, 0.1) is 16.8 Å². The Morgan fingerprint density at radius 3 is 2.57 bits per heavy atom. The summed E-state index contributed by atoms with van der Waals surface area (Å²) in [7, 11) is 0. The quantitative estimate of drug-likeness (QED) is 0.861. The van der Waals surface area contributed by atoms with Gasteiger partial charge in [-0.2, -0.15) is 0 Å². The van der Waals surface area contributed by atoms with E-state index in [1.54, 1.807) is 0 Å². The van der Waals surface area contributed by atoms with E-state index in [0.717, 1.165) is 10.4 Å². The number of fused-ring (bicyclic) bond motifs is 1. The molecule has 0 spiro atoms. The third kappa shape index (κ3) is 3.73. The summed E-state index contributed by atoms with van der Waals surface area (Å²) < 4.78 is 11.2. The van der Waals surface area contributed by atoms with E-state index in [0.29, 0.717) is 23.6 Å². The fourth-order valence-electron chi connectivity index (χ4n) is 3.03. The van der Waals surface area contributed by atoms with E-state index in [1.807, 2.05) is 34.6 Å². The minimum absolute atomic E-state index is 0.0529. The van der Waals surface area contributed by atoms with Crippen LogP contribution in [0, 0.1) is 0 Å². The lowest BCUT2D eigenvalue weighted by Crippen LogP contribution is -2.42. The Morgan fingerprint density at radius 2 is 2.00 bits per heavy atom. The number of amides is 2. The van der Waals surface area contributed by atoms with Crippen LogP contribution in [-0.2, 0) is 26.3 Å². The molecule has 0 fully saturated rings. The monoisotopic (exact) mass is 340 g/mol. The molecular weight excluding hydrogens is 316 g/mol. The highest BCUT2D eigenvalue weighted by molar-refractivity contribution is 7.17. The molecule has 0 aliphatic carbocycles.